The molecule has 0 unspecified atom stereocenters. The Hall–Kier alpha value is -3.92. The highest BCUT2D eigenvalue weighted by Crippen LogP contribution is 2.42. The van der Waals surface area contributed by atoms with Crippen molar-refractivity contribution in [3.63, 3.8) is 0 Å². The van der Waals surface area contributed by atoms with Crippen LogP contribution >= 0.6 is 0 Å². The van der Waals surface area contributed by atoms with Gasteiger partial charge in [0.15, 0.2) is 0 Å². The molecule has 3 aromatic heterocycles. The van der Waals surface area contributed by atoms with E-state index in [1.54, 1.807) is 29.0 Å². The fraction of sp³-hybridized carbons (Fsp3) is 0.400. The van der Waals surface area contributed by atoms with Crippen LogP contribution in [0.4, 0.5) is 13.6 Å². The maximum absolute atomic E-state index is 15.0. The van der Waals surface area contributed by atoms with E-state index in [0.29, 0.717) is 24.2 Å². The van der Waals surface area contributed by atoms with Gasteiger partial charge >= 0.3 is 6.09 Å². The number of pyridine rings is 1. The number of methoxy groups -OCH3 is 1. The zero-order valence-electron chi connectivity index (χ0n) is 22.5. The summed E-state index contributed by atoms with van der Waals surface area (Å²) < 4.78 is 36.5. The van der Waals surface area contributed by atoms with Crippen molar-refractivity contribution >= 4 is 11.6 Å². The average Bonchev–Trinajstić information content (AvgIpc) is 3.72. The van der Waals surface area contributed by atoms with Crippen LogP contribution in [-0.2, 0) is 11.2 Å². The minimum atomic E-state index is -0.604. The van der Waals surface area contributed by atoms with E-state index in [2.05, 4.69) is 27.3 Å². The second kappa shape index (κ2) is 10.6. The molecule has 0 aliphatic heterocycles. The largest absolute Gasteiger partial charge is 0.453 e. The molecule has 208 valence electrons. The van der Waals surface area contributed by atoms with Crippen molar-refractivity contribution in [3.8, 4) is 11.3 Å². The van der Waals surface area contributed by atoms with Gasteiger partial charge in [0.2, 0.25) is 0 Å². The third-order valence-corrected chi connectivity index (χ3v) is 8.31. The van der Waals surface area contributed by atoms with Crippen LogP contribution in [-0.4, -0.2) is 44.9 Å². The molecule has 0 saturated heterocycles. The fourth-order valence-corrected chi connectivity index (χ4v) is 6.12. The minimum absolute atomic E-state index is 0.131. The molecule has 2 aliphatic carbocycles. The fourth-order valence-electron chi connectivity index (χ4n) is 6.12. The van der Waals surface area contributed by atoms with Crippen molar-refractivity contribution < 1.29 is 18.3 Å². The minimum Gasteiger partial charge on any atom is -0.453 e. The van der Waals surface area contributed by atoms with E-state index in [4.69, 9.17) is 10.5 Å². The van der Waals surface area contributed by atoms with Crippen molar-refractivity contribution in [2.75, 3.05) is 7.11 Å². The summed E-state index contributed by atoms with van der Waals surface area (Å²) in [4.78, 5) is 20.7. The van der Waals surface area contributed by atoms with E-state index in [1.165, 1.54) is 19.2 Å². The average molecular weight is 547 g/mol. The van der Waals surface area contributed by atoms with Crippen molar-refractivity contribution in [1.82, 2.24) is 24.9 Å². The predicted octanol–water partition coefficient (Wildman–Crippen LogP) is 5.10. The Bertz CT molecular complexity index is 1530. The van der Waals surface area contributed by atoms with Gasteiger partial charge in [0, 0.05) is 30.9 Å². The molecule has 0 radical (unpaired) electrons. The second-order valence-electron chi connectivity index (χ2n) is 11.1. The van der Waals surface area contributed by atoms with Gasteiger partial charge < -0.3 is 15.8 Å². The number of benzene rings is 1. The summed E-state index contributed by atoms with van der Waals surface area (Å²) in [7, 11) is 1.34. The monoisotopic (exact) mass is 546 g/mol. The highest BCUT2D eigenvalue weighted by molar-refractivity contribution is 5.67. The number of alkyl carbamates (subject to hydrolysis) is 1. The molecule has 40 heavy (non-hydrogen) atoms. The standard InChI is InChI=1S/C30H32F2N6O2/c1-16-9-19(12-25(33)29(16)36-30(39)40-2)22-7-8-34-14-20(22)13-27-35-15-21-5-6-26(37-38(21)27)28-23(31)10-18(11-24(28)32)17-3-4-17/h5-8,10-11,14-17,19,25,29H,3-4,9,12-13,33H2,1-2H3,(H,36,39)/t16-,19+,25+,29-/m0/s1. The van der Waals surface area contributed by atoms with Gasteiger partial charge in [0.1, 0.15) is 17.5 Å². The number of carbonyl (C=O) groups is 1. The maximum Gasteiger partial charge on any atom is 0.407 e. The molecule has 8 nitrogen and oxygen atoms in total. The Morgan fingerprint density at radius 2 is 1.90 bits per heavy atom. The van der Waals surface area contributed by atoms with E-state index in [-0.39, 0.29) is 41.1 Å². The number of rotatable bonds is 6. The number of ether oxygens (including phenoxy) is 1. The molecular formula is C30H32F2N6O2. The van der Waals surface area contributed by atoms with Crippen LogP contribution in [0.15, 0.2) is 48.9 Å². The first-order chi connectivity index (χ1) is 19.3. The molecule has 1 aromatic carbocycles. The maximum atomic E-state index is 15.0. The van der Waals surface area contributed by atoms with E-state index >= 15 is 8.78 Å². The molecule has 10 heteroatoms. The second-order valence-corrected chi connectivity index (χ2v) is 11.1. The zero-order valence-corrected chi connectivity index (χ0v) is 22.5. The lowest BCUT2D eigenvalue weighted by molar-refractivity contribution is 0.149. The summed E-state index contributed by atoms with van der Waals surface area (Å²) in [5, 5.41) is 7.48. The molecule has 6 rings (SSSR count). The summed E-state index contributed by atoms with van der Waals surface area (Å²) in [6.45, 7) is 2.08. The molecule has 2 saturated carbocycles. The number of amides is 1. The number of nitrogens with one attached hydrogen (secondary N) is 1. The lowest BCUT2D eigenvalue weighted by atomic mass is 9.72. The van der Waals surface area contributed by atoms with Crippen molar-refractivity contribution in [2.45, 2.75) is 62.9 Å². The SMILES string of the molecule is COC(=O)N[C@@H]1[C@H](N)C[C@H](c2ccncc2Cc2ncc3ccc(-c4c(F)cc(C5CC5)cc4F)nn23)C[C@@H]1C. The number of imidazole rings is 1. The van der Waals surface area contributed by atoms with Gasteiger partial charge in [0.25, 0.3) is 0 Å². The number of nitrogens with zero attached hydrogens (tertiary/aromatic N) is 4. The summed E-state index contributed by atoms with van der Waals surface area (Å²) in [6.07, 6.45) is 8.70. The molecule has 1 amide bonds. The lowest BCUT2D eigenvalue weighted by Crippen LogP contribution is -2.54. The van der Waals surface area contributed by atoms with E-state index < -0.39 is 17.7 Å². The predicted molar refractivity (Wildman–Crippen MR) is 146 cm³/mol. The number of hydrogen-bond acceptors (Lipinski definition) is 6. The van der Waals surface area contributed by atoms with Gasteiger partial charge in [-0.25, -0.2) is 23.1 Å². The number of carbonyl (C=O) groups excluding carboxylic acids is 1. The van der Waals surface area contributed by atoms with Gasteiger partial charge in [-0.2, -0.15) is 5.10 Å². The number of hydrogen-bond donors (Lipinski definition) is 2. The Morgan fingerprint density at radius 3 is 2.60 bits per heavy atom. The normalized spacial score (nSPS) is 22.8. The topological polar surface area (TPSA) is 107 Å². The van der Waals surface area contributed by atoms with E-state index in [0.717, 1.165) is 35.9 Å². The summed E-state index contributed by atoms with van der Waals surface area (Å²) >= 11 is 0. The van der Waals surface area contributed by atoms with E-state index in [1.807, 2.05) is 12.3 Å². The molecule has 0 spiro atoms. The molecule has 0 bridgehead atoms. The third kappa shape index (κ3) is 5.03. The molecule has 4 aromatic rings. The summed E-state index contributed by atoms with van der Waals surface area (Å²) in [5.74, 6) is -0.0116. The highest BCUT2D eigenvalue weighted by atomic mass is 19.1. The van der Waals surface area contributed by atoms with Gasteiger partial charge in [-0.05, 0) is 90.5 Å². The molecule has 2 aliphatic rings. The first-order valence-electron chi connectivity index (χ1n) is 13.7. The van der Waals surface area contributed by atoms with Crippen molar-refractivity contribution in [3.05, 3.63) is 83.1 Å². The van der Waals surface area contributed by atoms with Crippen LogP contribution in [0.1, 0.15) is 67.0 Å². The van der Waals surface area contributed by atoms with Crippen LogP contribution in [0.25, 0.3) is 16.8 Å². The van der Waals surface area contributed by atoms with Gasteiger partial charge in [0.05, 0.1) is 30.1 Å². The molecule has 3 N–H and O–H groups in total. The Morgan fingerprint density at radius 1 is 1.12 bits per heavy atom. The lowest BCUT2D eigenvalue weighted by Gasteiger charge is -2.39. The Balaban J connectivity index is 1.28. The zero-order chi connectivity index (χ0) is 28.0. The smallest absolute Gasteiger partial charge is 0.407 e. The molecule has 4 atom stereocenters. The van der Waals surface area contributed by atoms with Crippen LogP contribution in [0.2, 0.25) is 0 Å². The van der Waals surface area contributed by atoms with Crippen LogP contribution in [0, 0.1) is 17.6 Å². The Labute approximate surface area is 231 Å². The van der Waals surface area contributed by atoms with Crippen molar-refractivity contribution in [2.24, 2.45) is 11.7 Å². The van der Waals surface area contributed by atoms with Crippen LogP contribution in [0.3, 0.4) is 0 Å². The summed E-state index contributed by atoms with van der Waals surface area (Å²) in [6, 6.07) is 7.85. The van der Waals surface area contributed by atoms with Crippen LogP contribution in [0.5, 0.6) is 0 Å². The first-order valence-corrected chi connectivity index (χ1v) is 13.7. The van der Waals surface area contributed by atoms with Gasteiger partial charge in [-0.3, -0.25) is 4.98 Å². The van der Waals surface area contributed by atoms with E-state index in [9.17, 15) is 4.79 Å². The van der Waals surface area contributed by atoms with Crippen LogP contribution < -0.4 is 11.1 Å². The number of halogens is 2. The van der Waals surface area contributed by atoms with Gasteiger partial charge in [-0.15, -0.1) is 0 Å². The number of aromatic nitrogens is 4. The molecule has 2 fully saturated rings. The van der Waals surface area contributed by atoms with Gasteiger partial charge in [-0.1, -0.05) is 6.92 Å². The summed E-state index contributed by atoms with van der Waals surface area (Å²) in [5.41, 5.74) is 10.1. The highest BCUT2D eigenvalue weighted by Gasteiger charge is 2.36. The van der Waals surface area contributed by atoms with Crippen molar-refractivity contribution in [1.29, 1.82) is 0 Å². The number of nitrogens with two attached hydrogens (primary N) is 1. The number of fused-ring (bicyclic) bond motifs is 1. The third-order valence-electron chi connectivity index (χ3n) is 8.31. The molecule has 3 heterocycles. The first kappa shape index (κ1) is 26.3. The molecular weight excluding hydrogens is 514 g/mol. The quantitative estimate of drug-likeness (QED) is 0.348. The Kier molecular flexibility index (Phi) is 6.95.